The minimum absolute atomic E-state index is 0.235. The molecule has 16 heavy (non-hydrogen) atoms. The van der Waals surface area contributed by atoms with Crippen LogP contribution in [-0.2, 0) is 6.54 Å². The molecular weight excluding hydrogens is 202 g/mol. The van der Waals surface area contributed by atoms with E-state index in [1.165, 1.54) is 5.56 Å². The lowest BCUT2D eigenvalue weighted by Gasteiger charge is -2.24. The largest absolute Gasteiger partial charge is 0.508 e. The summed E-state index contributed by atoms with van der Waals surface area (Å²) in [5.41, 5.74) is 1.19. The number of likely N-dealkylation sites (tertiary alicyclic amines) is 1. The Morgan fingerprint density at radius 2 is 2.00 bits per heavy atom. The van der Waals surface area contributed by atoms with E-state index in [0.717, 1.165) is 19.5 Å². The molecular formula is C13H19NO2. The minimum Gasteiger partial charge on any atom is -0.508 e. The number of aliphatic hydroxyl groups is 1. The van der Waals surface area contributed by atoms with Gasteiger partial charge < -0.3 is 10.2 Å². The summed E-state index contributed by atoms with van der Waals surface area (Å²) in [6.07, 6.45) is 1.16. The lowest BCUT2D eigenvalue weighted by molar-refractivity contribution is 0.134. The van der Waals surface area contributed by atoms with Gasteiger partial charge in [0, 0.05) is 12.6 Å². The second-order valence-corrected chi connectivity index (χ2v) is 4.65. The smallest absolute Gasteiger partial charge is 0.115 e. The van der Waals surface area contributed by atoms with E-state index < -0.39 is 0 Å². The van der Waals surface area contributed by atoms with Crippen LogP contribution in [0.1, 0.15) is 18.9 Å². The molecule has 1 aliphatic heterocycles. The summed E-state index contributed by atoms with van der Waals surface area (Å²) in [7, 11) is 0. The summed E-state index contributed by atoms with van der Waals surface area (Å²) < 4.78 is 0. The van der Waals surface area contributed by atoms with Gasteiger partial charge in [0.1, 0.15) is 5.75 Å². The van der Waals surface area contributed by atoms with Gasteiger partial charge in [0.2, 0.25) is 0 Å². The summed E-state index contributed by atoms with van der Waals surface area (Å²) in [6.45, 7) is 4.33. The van der Waals surface area contributed by atoms with Crippen LogP contribution in [0.15, 0.2) is 24.3 Å². The number of phenols is 1. The second kappa shape index (κ2) is 4.85. The number of phenolic OH excluding ortho intramolecular Hbond substituents is 1. The normalized spacial score (nSPS) is 26.1. The molecule has 3 nitrogen and oxygen atoms in total. The zero-order valence-corrected chi connectivity index (χ0v) is 9.63. The Kier molecular flexibility index (Phi) is 3.46. The van der Waals surface area contributed by atoms with Gasteiger partial charge in [-0.1, -0.05) is 19.1 Å². The molecule has 0 spiro atoms. The number of nitrogens with zero attached hydrogens (tertiary/aromatic N) is 1. The fourth-order valence-electron chi connectivity index (χ4n) is 2.42. The van der Waals surface area contributed by atoms with Crippen LogP contribution in [-0.4, -0.2) is 34.3 Å². The second-order valence-electron chi connectivity index (χ2n) is 4.65. The molecule has 1 aromatic carbocycles. The average molecular weight is 221 g/mol. The number of aliphatic hydroxyl groups excluding tert-OH is 1. The van der Waals surface area contributed by atoms with E-state index in [9.17, 15) is 10.2 Å². The van der Waals surface area contributed by atoms with Crippen LogP contribution in [0.5, 0.6) is 5.75 Å². The molecule has 0 saturated carbocycles. The SMILES string of the molecule is CC1CCN(Cc2ccc(O)cc2)C1CO. The van der Waals surface area contributed by atoms with E-state index in [-0.39, 0.29) is 12.6 Å². The van der Waals surface area contributed by atoms with Gasteiger partial charge in [-0.2, -0.15) is 0 Å². The maximum absolute atomic E-state index is 9.35. The molecule has 0 aliphatic carbocycles. The predicted octanol–water partition coefficient (Wildman–Crippen LogP) is 1.59. The van der Waals surface area contributed by atoms with Crippen molar-refractivity contribution in [1.82, 2.24) is 4.90 Å². The van der Waals surface area contributed by atoms with Crippen LogP contribution in [0.2, 0.25) is 0 Å². The average Bonchev–Trinajstić information content (AvgIpc) is 2.63. The maximum atomic E-state index is 9.35. The van der Waals surface area contributed by atoms with E-state index in [1.807, 2.05) is 12.1 Å². The first-order valence-electron chi connectivity index (χ1n) is 5.83. The standard InChI is InChI=1S/C13H19NO2/c1-10-6-7-14(13(10)9-15)8-11-2-4-12(16)5-3-11/h2-5,10,13,15-16H,6-9H2,1H3. The van der Waals surface area contributed by atoms with Crippen molar-refractivity contribution in [3.8, 4) is 5.75 Å². The van der Waals surface area contributed by atoms with Crippen molar-refractivity contribution in [3.05, 3.63) is 29.8 Å². The third kappa shape index (κ3) is 2.36. The molecule has 1 heterocycles. The van der Waals surface area contributed by atoms with Gasteiger partial charge >= 0.3 is 0 Å². The van der Waals surface area contributed by atoms with Gasteiger partial charge in [0.15, 0.2) is 0 Å². The fraction of sp³-hybridized carbons (Fsp3) is 0.538. The third-order valence-electron chi connectivity index (χ3n) is 3.51. The van der Waals surface area contributed by atoms with E-state index >= 15 is 0 Å². The minimum atomic E-state index is 0.235. The molecule has 0 radical (unpaired) electrons. The monoisotopic (exact) mass is 221 g/mol. The Morgan fingerprint density at radius 3 is 2.62 bits per heavy atom. The van der Waals surface area contributed by atoms with Crippen LogP contribution in [0, 0.1) is 5.92 Å². The van der Waals surface area contributed by atoms with Crippen molar-refractivity contribution in [2.24, 2.45) is 5.92 Å². The van der Waals surface area contributed by atoms with Crippen molar-refractivity contribution >= 4 is 0 Å². The van der Waals surface area contributed by atoms with Gasteiger partial charge in [-0.25, -0.2) is 0 Å². The summed E-state index contributed by atoms with van der Waals surface area (Å²) in [6, 6.07) is 7.58. The van der Waals surface area contributed by atoms with E-state index in [1.54, 1.807) is 12.1 Å². The summed E-state index contributed by atoms with van der Waals surface area (Å²) in [5.74, 6) is 0.874. The van der Waals surface area contributed by atoms with Gasteiger partial charge in [0.25, 0.3) is 0 Å². The molecule has 88 valence electrons. The Morgan fingerprint density at radius 1 is 1.31 bits per heavy atom. The molecule has 1 aromatic rings. The number of aromatic hydroxyl groups is 1. The van der Waals surface area contributed by atoms with Crippen molar-refractivity contribution in [1.29, 1.82) is 0 Å². The quantitative estimate of drug-likeness (QED) is 0.814. The van der Waals surface area contributed by atoms with Crippen molar-refractivity contribution in [2.45, 2.75) is 25.9 Å². The van der Waals surface area contributed by atoms with Gasteiger partial charge in [-0.05, 0) is 36.6 Å². The molecule has 0 amide bonds. The van der Waals surface area contributed by atoms with Crippen molar-refractivity contribution in [3.63, 3.8) is 0 Å². The zero-order valence-electron chi connectivity index (χ0n) is 9.63. The Labute approximate surface area is 96.3 Å². The number of hydrogen-bond donors (Lipinski definition) is 2. The van der Waals surface area contributed by atoms with E-state index in [4.69, 9.17) is 0 Å². The summed E-state index contributed by atoms with van der Waals surface area (Å²) in [4.78, 5) is 2.32. The zero-order chi connectivity index (χ0) is 11.5. The molecule has 1 fully saturated rings. The first-order chi connectivity index (χ1) is 7.70. The van der Waals surface area contributed by atoms with Crippen molar-refractivity contribution < 1.29 is 10.2 Å². The number of benzene rings is 1. The molecule has 1 saturated heterocycles. The summed E-state index contributed by atoms with van der Waals surface area (Å²) in [5, 5.41) is 18.6. The molecule has 2 N–H and O–H groups in total. The number of hydrogen-bond acceptors (Lipinski definition) is 3. The van der Waals surface area contributed by atoms with Crippen LogP contribution < -0.4 is 0 Å². The molecule has 1 aliphatic rings. The molecule has 2 unspecified atom stereocenters. The summed E-state index contributed by atoms with van der Waals surface area (Å²) >= 11 is 0. The first-order valence-corrected chi connectivity index (χ1v) is 5.83. The van der Waals surface area contributed by atoms with Crippen LogP contribution in [0.3, 0.4) is 0 Å². The highest BCUT2D eigenvalue weighted by Crippen LogP contribution is 2.25. The van der Waals surface area contributed by atoms with Gasteiger partial charge in [0.05, 0.1) is 6.61 Å². The Hall–Kier alpha value is -1.06. The third-order valence-corrected chi connectivity index (χ3v) is 3.51. The van der Waals surface area contributed by atoms with Crippen LogP contribution in [0.25, 0.3) is 0 Å². The first kappa shape index (κ1) is 11.4. The molecule has 0 aromatic heterocycles. The Balaban J connectivity index is 2.01. The highest BCUT2D eigenvalue weighted by atomic mass is 16.3. The number of rotatable bonds is 3. The Bertz CT molecular complexity index is 336. The predicted molar refractivity (Wildman–Crippen MR) is 63.2 cm³/mol. The highest BCUT2D eigenvalue weighted by Gasteiger charge is 2.30. The van der Waals surface area contributed by atoms with Crippen molar-refractivity contribution in [2.75, 3.05) is 13.2 Å². The molecule has 3 heteroatoms. The van der Waals surface area contributed by atoms with Gasteiger partial charge in [-0.15, -0.1) is 0 Å². The van der Waals surface area contributed by atoms with E-state index in [2.05, 4.69) is 11.8 Å². The molecule has 0 bridgehead atoms. The topological polar surface area (TPSA) is 43.7 Å². The lowest BCUT2D eigenvalue weighted by Crippen LogP contribution is -2.34. The maximum Gasteiger partial charge on any atom is 0.115 e. The van der Waals surface area contributed by atoms with E-state index in [0.29, 0.717) is 11.7 Å². The van der Waals surface area contributed by atoms with Crippen LogP contribution in [0.4, 0.5) is 0 Å². The lowest BCUT2D eigenvalue weighted by atomic mass is 10.0. The highest BCUT2D eigenvalue weighted by molar-refractivity contribution is 5.25. The molecule has 2 atom stereocenters. The fourth-order valence-corrected chi connectivity index (χ4v) is 2.42. The van der Waals surface area contributed by atoms with Gasteiger partial charge in [-0.3, -0.25) is 4.90 Å². The molecule has 2 rings (SSSR count). The van der Waals surface area contributed by atoms with Crippen LogP contribution >= 0.6 is 0 Å².